The molecule has 2 rings (SSSR count). The molecular weight excluding hydrogens is 319 g/mol. The van der Waals surface area contributed by atoms with Crippen LogP contribution >= 0.6 is 0 Å². The number of hydrogen-bond donors (Lipinski definition) is 2. The number of nitrogens with one attached hydrogen (secondary N) is 2. The number of amides is 1. The van der Waals surface area contributed by atoms with Gasteiger partial charge in [0.2, 0.25) is 5.91 Å². The highest BCUT2D eigenvalue weighted by Gasteiger charge is 2.18. The van der Waals surface area contributed by atoms with Gasteiger partial charge >= 0.3 is 0 Å². The maximum Gasteiger partial charge on any atom is 0.222 e. The minimum Gasteiger partial charge on any atom is -0.357 e. The monoisotopic (exact) mass is 348 g/mol. The van der Waals surface area contributed by atoms with E-state index in [1.165, 1.54) is 6.07 Å². The van der Waals surface area contributed by atoms with Gasteiger partial charge in [-0.05, 0) is 56.4 Å². The predicted molar refractivity (Wildman–Crippen MR) is 99.3 cm³/mol. The Labute approximate surface area is 149 Å². The van der Waals surface area contributed by atoms with Crippen molar-refractivity contribution < 1.29 is 9.18 Å². The molecule has 1 heterocycles. The second-order valence-electron chi connectivity index (χ2n) is 6.35. The highest BCUT2D eigenvalue weighted by molar-refractivity contribution is 5.79. The van der Waals surface area contributed by atoms with Crippen LogP contribution in [-0.2, 0) is 11.2 Å². The Morgan fingerprint density at radius 2 is 2.20 bits per heavy atom. The van der Waals surface area contributed by atoms with Crippen LogP contribution in [0.4, 0.5) is 4.39 Å². The number of likely N-dealkylation sites (tertiary alicyclic amines) is 1. The first-order valence-corrected chi connectivity index (χ1v) is 9.15. The lowest BCUT2D eigenvalue weighted by atomic mass is 10.1. The summed E-state index contributed by atoms with van der Waals surface area (Å²) in [6.07, 6.45) is 3.36. The van der Waals surface area contributed by atoms with Gasteiger partial charge in [0.05, 0.1) is 0 Å². The molecular formula is C19H29FN4O. The summed E-state index contributed by atoms with van der Waals surface area (Å²) in [5.41, 5.74) is 2.11. The first kappa shape index (κ1) is 19.2. The van der Waals surface area contributed by atoms with Crippen molar-refractivity contribution in [1.29, 1.82) is 0 Å². The van der Waals surface area contributed by atoms with Crippen molar-refractivity contribution in [2.24, 2.45) is 4.99 Å². The van der Waals surface area contributed by atoms with Gasteiger partial charge in [-0.1, -0.05) is 6.07 Å². The van der Waals surface area contributed by atoms with Gasteiger partial charge in [-0.2, -0.15) is 0 Å². The third kappa shape index (κ3) is 6.36. The minimum absolute atomic E-state index is 0.194. The zero-order valence-corrected chi connectivity index (χ0v) is 15.3. The van der Waals surface area contributed by atoms with Crippen LogP contribution in [0, 0.1) is 12.7 Å². The summed E-state index contributed by atoms with van der Waals surface area (Å²) in [6.45, 7) is 7.86. The van der Waals surface area contributed by atoms with Crippen LogP contribution in [0.3, 0.4) is 0 Å². The summed E-state index contributed by atoms with van der Waals surface area (Å²) in [4.78, 5) is 18.1. The van der Waals surface area contributed by atoms with Gasteiger partial charge in [-0.15, -0.1) is 0 Å². The molecule has 0 atom stereocenters. The Morgan fingerprint density at radius 3 is 2.88 bits per heavy atom. The Hall–Kier alpha value is -2.11. The van der Waals surface area contributed by atoms with E-state index in [4.69, 9.17) is 0 Å². The molecule has 25 heavy (non-hydrogen) atoms. The lowest BCUT2D eigenvalue weighted by molar-refractivity contribution is -0.127. The molecule has 6 heteroatoms. The van der Waals surface area contributed by atoms with Crippen LogP contribution in [0.2, 0.25) is 0 Å². The highest BCUT2D eigenvalue weighted by Crippen LogP contribution is 2.10. The Morgan fingerprint density at radius 1 is 1.36 bits per heavy atom. The lowest BCUT2D eigenvalue weighted by Crippen LogP contribution is -2.38. The van der Waals surface area contributed by atoms with Gasteiger partial charge in [0.25, 0.3) is 0 Å². The lowest BCUT2D eigenvalue weighted by Gasteiger charge is -2.15. The molecule has 0 saturated carbocycles. The average molecular weight is 348 g/mol. The first-order valence-electron chi connectivity index (χ1n) is 9.15. The summed E-state index contributed by atoms with van der Waals surface area (Å²) in [5.74, 6) is 0.860. The van der Waals surface area contributed by atoms with E-state index in [9.17, 15) is 9.18 Å². The smallest absolute Gasteiger partial charge is 0.222 e. The molecule has 0 aliphatic carbocycles. The van der Waals surface area contributed by atoms with Gasteiger partial charge < -0.3 is 15.5 Å². The summed E-state index contributed by atoms with van der Waals surface area (Å²) >= 11 is 0. The summed E-state index contributed by atoms with van der Waals surface area (Å²) in [7, 11) is 0. The highest BCUT2D eigenvalue weighted by atomic mass is 19.1. The Kier molecular flexibility index (Phi) is 7.70. The number of aliphatic imine (C=N–C) groups is 1. The standard InChI is InChI=1S/C19H29FN4O/c1-3-21-19(22-10-5-13-24-12-4-6-18(24)25)23-11-9-16-7-8-17(20)14-15(16)2/h7-8,14H,3-6,9-13H2,1-2H3,(H2,21,22,23). The summed E-state index contributed by atoms with van der Waals surface area (Å²) in [5, 5.41) is 6.54. The molecule has 1 saturated heterocycles. The van der Waals surface area contributed by atoms with Crippen LogP contribution in [0.15, 0.2) is 23.2 Å². The minimum atomic E-state index is -0.194. The Bertz CT molecular complexity index is 603. The fourth-order valence-electron chi connectivity index (χ4n) is 2.99. The molecule has 0 aromatic heterocycles. The number of halogens is 1. The molecule has 0 radical (unpaired) electrons. The number of carbonyl (C=O) groups is 1. The van der Waals surface area contributed by atoms with E-state index in [1.807, 2.05) is 24.8 Å². The molecule has 0 bridgehead atoms. The number of aryl methyl sites for hydroxylation is 1. The van der Waals surface area contributed by atoms with Crippen LogP contribution in [0.5, 0.6) is 0 Å². The van der Waals surface area contributed by atoms with Crippen molar-refractivity contribution in [1.82, 2.24) is 15.5 Å². The van der Waals surface area contributed by atoms with Crippen LogP contribution in [0.1, 0.15) is 37.3 Å². The molecule has 1 aliphatic rings. The zero-order valence-electron chi connectivity index (χ0n) is 15.3. The van der Waals surface area contributed by atoms with Crippen molar-refractivity contribution in [3.05, 3.63) is 35.1 Å². The van der Waals surface area contributed by atoms with Crippen molar-refractivity contribution in [3.8, 4) is 0 Å². The summed E-state index contributed by atoms with van der Waals surface area (Å²) < 4.78 is 13.1. The van der Waals surface area contributed by atoms with Gasteiger partial charge in [0.1, 0.15) is 5.82 Å². The number of nitrogens with zero attached hydrogens (tertiary/aromatic N) is 2. The first-order chi connectivity index (χ1) is 12.1. The van der Waals surface area contributed by atoms with Crippen LogP contribution < -0.4 is 10.6 Å². The largest absolute Gasteiger partial charge is 0.357 e. The maximum absolute atomic E-state index is 13.1. The van der Waals surface area contributed by atoms with E-state index in [-0.39, 0.29) is 11.7 Å². The molecule has 0 spiro atoms. The van der Waals surface area contributed by atoms with E-state index in [1.54, 1.807) is 6.07 Å². The van der Waals surface area contributed by atoms with Crippen molar-refractivity contribution >= 4 is 11.9 Å². The second kappa shape index (κ2) is 10.0. The molecule has 1 amide bonds. The van der Waals surface area contributed by atoms with Gasteiger partial charge in [-0.3, -0.25) is 9.79 Å². The van der Waals surface area contributed by atoms with E-state index in [2.05, 4.69) is 15.6 Å². The number of benzene rings is 1. The Balaban J connectivity index is 1.74. The normalized spacial score (nSPS) is 14.9. The van der Waals surface area contributed by atoms with Gasteiger partial charge in [0, 0.05) is 39.1 Å². The third-order valence-electron chi connectivity index (χ3n) is 4.36. The average Bonchev–Trinajstić information content (AvgIpc) is 2.98. The maximum atomic E-state index is 13.1. The molecule has 2 N–H and O–H groups in total. The van der Waals surface area contributed by atoms with Crippen molar-refractivity contribution in [2.45, 2.75) is 39.5 Å². The molecule has 5 nitrogen and oxygen atoms in total. The van der Waals surface area contributed by atoms with E-state index < -0.39 is 0 Å². The molecule has 0 unspecified atom stereocenters. The van der Waals surface area contributed by atoms with Gasteiger partial charge in [0.15, 0.2) is 5.96 Å². The summed E-state index contributed by atoms with van der Waals surface area (Å²) in [6, 6.07) is 4.90. The number of hydrogen-bond acceptors (Lipinski definition) is 2. The quantitative estimate of drug-likeness (QED) is 0.430. The van der Waals surface area contributed by atoms with Crippen molar-refractivity contribution in [2.75, 3.05) is 32.7 Å². The van der Waals surface area contributed by atoms with E-state index in [0.717, 1.165) is 62.5 Å². The fraction of sp³-hybridized carbons (Fsp3) is 0.579. The molecule has 1 fully saturated rings. The number of guanidine groups is 1. The third-order valence-corrected chi connectivity index (χ3v) is 4.36. The molecule has 1 aromatic rings. The second-order valence-corrected chi connectivity index (χ2v) is 6.35. The zero-order chi connectivity index (χ0) is 18.1. The predicted octanol–water partition coefficient (Wildman–Crippen LogP) is 2.24. The number of carbonyl (C=O) groups excluding carboxylic acids is 1. The van der Waals surface area contributed by atoms with Crippen LogP contribution in [-0.4, -0.2) is 49.5 Å². The topological polar surface area (TPSA) is 56.7 Å². The van der Waals surface area contributed by atoms with Gasteiger partial charge in [-0.25, -0.2) is 4.39 Å². The van der Waals surface area contributed by atoms with Crippen LogP contribution in [0.25, 0.3) is 0 Å². The molecule has 1 aromatic carbocycles. The molecule has 138 valence electrons. The van der Waals surface area contributed by atoms with E-state index in [0.29, 0.717) is 13.0 Å². The fourth-order valence-corrected chi connectivity index (χ4v) is 2.99. The van der Waals surface area contributed by atoms with Crippen molar-refractivity contribution in [3.63, 3.8) is 0 Å². The number of rotatable bonds is 8. The molecule has 1 aliphatic heterocycles. The SMILES string of the molecule is CCNC(=NCCCN1CCCC1=O)NCCc1ccc(F)cc1C. The van der Waals surface area contributed by atoms with E-state index >= 15 is 0 Å².